The molecule has 59 heavy (non-hydrogen) atoms. The molecule has 3 heterocycles. The standard InChI is InChI=1S/C44H30N4O11/c1-58-44(57)24-11-8-23(41(51)52)18-27(24)36-25-12-16-34(49)28(19-45-30-6-2-4-21-9-14-32(42(53)54)47-37(21)30)39(25)59-40-26(36)13-17-35(50)29(40)20-46-31-7-3-5-22-10-15-33(43(55)56)48-38(22)31/h2-18,45-46,49H,19-20H2,1H3,(H,51,52)(H,53,54)(H,55,56). The number of esters is 1. The summed E-state index contributed by atoms with van der Waals surface area (Å²) in [4.78, 5) is 71.5. The van der Waals surface area contributed by atoms with Crippen LogP contribution in [0.4, 0.5) is 11.4 Å². The lowest BCUT2D eigenvalue weighted by Gasteiger charge is -2.21. The third-order valence-corrected chi connectivity index (χ3v) is 9.93. The van der Waals surface area contributed by atoms with Crippen molar-refractivity contribution in [1.82, 2.24) is 9.97 Å². The Morgan fingerprint density at radius 3 is 1.86 bits per heavy atom. The number of hydrogen-bond acceptors (Lipinski definition) is 12. The molecule has 6 N–H and O–H groups in total. The molecule has 0 fully saturated rings. The highest BCUT2D eigenvalue weighted by Gasteiger charge is 2.28. The number of nitrogens with zero attached hydrogens (tertiary/aromatic N) is 2. The molecule has 1 aliphatic carbocycles. The van der Waals surface area contributed by atoms with Gasteiger partial charge in [0.15, 0.2) is 5.43 Å². The van der Waals surface area contributed by atoms with E-state index in [9.17, 15) is 44.4 Å². The average molecular weight is 791 g/mol. The highest BCUT2D eigenvalue weighted by Crippen LogP contribution is 2.45. The number of benzene rings is 5. The van der Waals surface area contributed by atoms with Gasteiger partial charge in [-0.2, -0.15) is 0 Å². The number of aromatic hydroxyl groups is 1. The summed E-state index contributed by atoms with van der Waals surface area (Å²) in [6.45, 7) is -0.283. The molecule has 0 saturated heterocycles. The van der Waals surface area contributed by atoms with Gasteiger partial charge in [-0.3, -0.25) is 4.79 Å². The van der Waals surface area contributed by atoms with E-state index in [1.54, 1.807) is 54.6 Å². The average Bonchev–Trinajstić information content (AvgIpc) is 3.24. The molecule has 4 aromatic carbocycles. The van der Waals surface area contributed by atoms with E-state index in [2.05, 4.69) is 20.6 Å². The van der Waals surface area contributed by atoms with E-state index < -0.39 is 29.3 Å². The maximum atomic E-state index is 13.8. The number of hydrogen-bond donors (Lipinski definition) is 6. The monoisotopic (exact) mass is 790 g/mol. The lowest BCUT2D eigenvalue weighted by Crippen LogP contribution is -2.16. The molecule has 0 saturated carbocycles. The molecule has 0 unspecified atom stereocenters. The van der Waals surface area contributed by atoms with Crippen LogP contribution >= 0.6 is 0 Å². The van der Waals surface area contributed by atoms with Gasteiger partial charge < -0.3 is 40.2 Å². The number of phenolic OH excluding ortho intramolecular Hbond substituents is 1. The summed E-state index contributed by atoms with van der Waals surface area (Å²) >= 11 is 0. The lowest BCUT2D eigenvalue weighted by molar-refractivity contribution is 0.0598. The summed E-state index contributed by atoms with van der Waals surface area (Å²) in [6, 6.07) is 26.1. The van der Waals surface area contributed by atoms with Crippen LogP contribution in [0.5, 0.6) is 5.75 Å². The second-order valence-electron chi connectivity index (χ2n) is 13.4. The quantitative estimate of drug-likeness (QED) is 0.0550. The first-order valence-corrected chi connectivity index (χ1v) is 17.9. The summed E-state index contributed by atoms with van der Waals surface area (Å²) in [5.74, 6) is -4.65. The summed E-state index contributed by atoms with van der Waals surface area (Å²) in [6.07, 6.45) is 0. The van der Waals surface area contributed by atoms with Gasteiger partial charge in [0.25, 0.3) is 0 Å². The van der Waals surface area contributed by atoms with Gasteiger partial charge in [-0.05, 0) is 72.3 Å². The maximum Gasteiger partial charge on any atom is 0.354 e. The molecule has 6 aromatic rings. The summed E-state index contributed by atoms with van der Waals surface area (Å²) in [5.41, 5.74) is 1.72. The van der Waals surface area contributed by atoms with Crippen molar-refractivity contribution >= 4 is 68.0 Å². The molecule has 0 atom stereocenters. The number of nitrogens with one attached hydrogen (secondary N) is 2. The lowest BCUT2D eigenvalue weighted by atomic mass is 9.87. The van der Waals surface area contributed by atoms with Gasteiger partial charge in [0.2, 0.25) is 0 Å². The minimum absolute atomic E-state index is 0.0112. The van der Waals surface area contributed by atoms with Gasteiger partial charge >= 0.3 is 23.9 Å². The Morgan fingerprint density at radius 2 is 1.29 bits per heavy atom. The van der Waals surface area contributed by atoms with Crippen molar-refractivity contribution in [2.45, 2.75) is 13.1 Å². The van der Waals surface area contributed by atoms with Gasteiger partial charge in [-0.25, -0.2) is 29.1 Å². The smallest absolute Gasteiger partial charge is 0.354 e. The normalized spacial score (nSPS) is 11.2. The molecular formula is C44H30N4O11. The van der Waals surface area contributed by atoms with Crippen molar-refractivity contribution < 1.29 is 48.8 Å². The fourth-order valence-electron chi connectivity index (χ4n) is 7.09. The number of rotatable bonds is 11. The zero-order valence-electron chi connectivity index (χ0n) is 30.8. The second-order valence-corrected chi connectivity index (χ2v) is 13.4. The predicted octanol–water partition coefficient (Wildman–Crippen LogP) is 7.47. The van der Waals surface area contributed by atoms with Crippen LogP contribution in [0.1, 0.15) is 52.8 Å². The Balaban J connectivity index is 1.35. The number of carbonyl (C=O) groups is 4. The summed E-state index contributed by atoms with van der Waals surface area (Å²) in [5, 5.41) is 48.7. The van der Waals surface area contributed by atoms with Gasteiger partial charge in [0.1, 0.15) is 28.5 Å². The number of ether oxygens (including phenoxy) is 1. The van der Waals surface area contributed by atoms with Crippen molar-refractivity contribution in [2.75, 3.05) is 17.7 Å². The Labute approximate surface area is 332 Å². The SMILES string of the molecule is COC(=O)c1ccc(C(=O)O)cc1-c1c2ccc(=O)c(CNc3cccc4ccc(C(=O)O)nc34)c-2oc2c(CNc3cccc4ccc(C(=O)O)nc34)c(O)ccc12. The molecule has 2 aromatic heterocycles. The summed E-state index contributed by atoms with van der Waals surface area (Å²) in [7, 11) is 1.19. The topological polar surface area (TPSA) is 238 Å². The number of aromatic carboxylic acids is 3. The number of methoxy groups -OCH3 is 1. The zero-order valence-corrected chi connectivity index (χ0v) is 30.8. The molecule has 1 aliphatic heterocycles. The molecule has 15 nitrogen and oxygen atoms in total. The van der Waals surface area contributed by atoms with Crippen LogP contribution in [-0.2, 0) is 17.8 Å². The van der Waals surface area contributed by atoms with Crippen LogP contribution in [0.2, 0.25) is 0 Å². The molecule has 15 heteroatoms. The molecule has 8 rings (SSSR count). The third-order valence-electron chi connectivity index (χ3n) is 9.93. The van der Waals surface area contributed by atoms with Gasteiger partial charge in [-0.15, -0.1) is 0 Å². The van der Waals surface area contributed by atoms with Crippen molar-refractivity contribution in [3.05, 3.63) is 147 Å². The largest absolute Gasteiger partial charge is 0.507 e. The van der Waals surface area contributed by atoms with E-state index in [1.807, 2.05) is 0 Å². The van der Waals surface area contributed by atoms with Crippen LogP contribution in [0.15, 0.2) is 112 Å². The first-order chi connectivity index (χ1) is 28.4. The minimum Gasteiger partial charge on any atom is -0.507 e. The Morgan fingerprint density at radius 1 is 0.678 bits per heavy atom. The minimum atomic E-state index is -1.27. The number of aromatic nitrogens is 2. The highest BCUT2D eigenvalue weighted by atomic mass is 16.5. The maximum absolute atomic E-state index is 13.8. The number of anilines is 2. The van der Waals surface area contributed by atoms with Crippen molar-refractivity contribution in [3.8, 4) is 28.2 Å². The van der Waals surface area contributed by atoms with Crippen LogP contribution in [-0.4, -0.2) is 61.4 Å². The van der Waals surface area contributed by atoms with E-state index in [0.29, 0.717) is 49.7 Å². The zero-order chi connectivity index (χ0) is 41.5. The first-order valence-electron chi connectivity index (χ1n) is 17.9. The van der Waals surface area contributed by atoms with E-state index in [4.69, 9.17) is 9.15 Å². The number of phenols is 1. The van der Waals surface area contributed by atoms with E-state index >= 15 is 0 Å². The fourth-order valence-corrected chi connectivity index (χ4v) is 7.09. The van der Waals surface area contributed by atoms with Crippen LogP contribution in [0.3, 0.4) is 0 Å². The molecule has 0 spiro atoms. The molecular weight excluding hydrogens is 761 g/mol. The van der Waals surface area contributed by atoms with Crippen LogP contribution in [0.25, 0.3) is 55.2 Å². The molecule has 0 radical (unpaired) electrons. The molecule has 0 bridgehead atoms. The number of pyridine rings is 2. The molecule has 2 aliphatic rings. The Hall–Kier alpha value is -8.33. The number of carboxylic acids is 3. The Bertz CT molecular complexity index is 3100. The van der Waals surface area contributed by atoms with Crippen molar-refractivity contribution in [3.63, 3.8) is 0 Å². The molecule has 292 valence electrons. The van der Waals surface area contributed by atoms with Crippen LogP contribution < -0.4 is 16.1 Å². The van der Waals surface area contributed by atoms with Gasteiger partial charge in [0.05, 0.1) is 51.8 Å². The third kappa shape index (κ3) is 6.82. The Kier molecular flexibility index (Phi) is 9.53. The number of fused-ring (bicyclic) bond motifs is 4. The van der Waals surface area contributed by atoms with Crippen molar-refractivity contribution in [1.29, 1.82) is 0 Å². The van der Waals surface area contributed by atoms with Crippen LogP contribution in [0, 0.1) is 0 Å². The van der Waals surface area contributed by atoms with Gasteiger partial charge in [0, 0.05) is 40.4 Å². The molecule has 0 amide bonds. The van der Waals surface area contributed by atoms with E-state index in [-0.39, 0.29) is 69.4 Å². The van der Waals surface area contributed by atoms with E-state index in [1.165, 1.54) is 55.6 Å². The summed E-state index contributed by atoms with van der Waals surface area (Å²) < 4.78 is 11.7. The predicted molar refractivity (Wildman–Crippen MR) is 217 cm³/mol. The van der Waals surface area contributed by atoms with Gasteiger partial charge in [-0.1, -0.05) is 36.4 Å². The first kappa shape index (κ1) is 37.6. The number of para-hydroxylation sites is 2. The second kappa shape index (κ2) is 15.0. The number of carboxylic acid groups (broad SMARTS) is 3. The van der Waals surface area contributed by atoms with Crippen molar-refractivity contribution in [2.24, 2.45) is 0 Å². The van der Waals surface area contributed by atoms with E-state index in [0.717, 1.165) is 0 Å². The number of carbonyl (C=O) groups excluding carboxylic acids is 1. The fraction of sp³-hybridized carbons (Fsp3) is 0.0682. The highest BCUT2D eigenvalue weighted by molar-refractivity contribution is 6.10.